The summed E-state index contributed by atoms with van der Waals surface area (Å²) in [6.45, 7) is 0. The monoisotopic (exact) mass is 290 g/mol. The Hall–Kier alpha value is -2.04. The van der Waals surface area contributed by atoms with Gasteiger partial charge in [0.1, 0.15) is 0 Å². The molecule has 0 atom stereocenters. The number of carboxylic acids is 1. The molecule has 1 saturated carbocycles. The summed E-state index contributed by atoms with van der Waals surface area (Å²) in [7, 11) is 1.76. The Bertz CT molecular complexity index is 548. The molecule has 1 fully saturated rings. The van der Waals surface area contributed by atoms with Crippen LogP contribution < -0.4 is 11.1 Å². The normalized spacial score (nSPS) is 17.2. The van der Waals surface area contributed by atoms with E-state index in [0.29, 0.717) is 24.1 Å². The Balaban J connectivity index is 2.33. The zero-order valence-corrected chi connectivity index (χ0v) is 12.3. The second-order valence-electron chi connectivity index (χ2n) is 5.79. The van der Waals surface area contributed by atoms with Gasteiger partial charge in [-0.2, -0.15) is 0 Å². The molecule has 1 aliphatic carbocycles. The van der Waals surface area contributed by atoms with E-state index in [2.05, 4.69) is 5.32 Å². The topological polar surface area (TPSA) is 92.4 Å². The molecule has 5 heteroatoms. The van der Waals surface area contributed by atoms with Crippen LogP contribution in [0, 0.1) is 5.41 Å². The van der Waals surface area contributed by atoms with Crippen molar-refractivity contribution in [3.8, 4) is 0 Å². The molecular weight excluding hydrogens is 268 g/mol. The van der Waals surface area contributed by atoms with Gasteiger partial charge in [0.2, 0.25) is 0 Å². The van der Waals surface area contributed by atoms with Gasteiger partial charge in [-0.15, -0.1) is 0 Å². The summed E-state index contributed by atoms with van der Waals surface area (Å²) < 4.78 is 0. The van der Waals surface area contributed by atoms with Crippen molar-refractivity contribution >= 4 is 23.1 Å². The lowest BCUT2D eigenvalue weighted by atomic mass is 9.67. The van der Waals surface area contributed by atoms with E-state index in [9.17, 15) is 14.7 Å². The van der Waals surface area contributed by atoms with Crippen LogP contribution in [0.25, 0.3) is 0 Å². The summed E-state index contributed by atoms with van der Waals surface area (Å²) >= 11 is 0. The van der Waals surface area contributed by atoms with E-state index in [1.807, 2.05) is 0 Å². The van der Waals surface area contributed by atoms with Crippen LogP contribution in [0.15, 0.2) is 18.2 Å². The van der Waals surface area contributed by atoms with Gasteiger partial charge in [0.25, 0.3) is 0 Å². The van der Waals surface area contributed by atoms with Gasteiger partial charge in [0, 0.05) is 18.0 Å². The lowest BCUT2D eigenvalue weighted by Crippen LogP contribution is -2.36. The highest BCUT2D eigenvalue weighted by molar-refractivity contribution is 6.03. The third-order valence-corrected chi connectivity index (χ3v) is 4.37. The Morgan fingerprint density at radius 1 is 1.29 bits per heavy atom. The molecule has 0 saturated heterocycles. The molecule has 0 bridgehead atoms. The molecule has 21 heavy (non-hydrogen) atoms. The number of nitrogens with one attached hydrogen (secondary N) is 1. The van der Waals surface area contributed by atoms with E-state index >= 15 is 0 Å². The second-order valence-corrected chi connectivity index (χ2v) is 5.79. The molecule has 0 spiro atoms. The Morgan fingerprint density at radius 2 is 1.95 bits per heavy atom. The number of ketones is 1. The SMILES string of the molecule is CNc1ccc(C(=O)C2(CC(=O)O)CCCCC2)cc1N. The number of carboxylic acid groups (broad SMARTS) is 1. The average Bonchev–Trinajstić information content (AvgIpc) is 2.46. The summed E-state index contributed by atoms with van der Waals surface area (Å²) in [6, 6.07) is 5.13. The summed E-state index contributed by atoms with van der Waals surface area (Å²) in [6.07, 6.45) is 4.07. The zero-order chi connectivity index (χ0) is 15.5. The van der Waals surface area contributed by atoms with E-state index in [0.717, 1.165) is 24.9 Å². The predicted molar refractivity (Wildman–Crippen MR) is 82.5 cm³/mol. The zero-order valence-electron chi connectivity index (χ0n) is 12.3. The minimum absolute atomic E-state index is 0.0843. The molecule has 5 nitrogen and oxygen atoms in total. The van der Waals surface area contributed by atoms with Gasteiger partial charge in [-0.25, -0.2) is 0 Å². The fourth-order valence-electron chi connectivity index (χ4n) is 3.24. The molecular formula is C16H22N2O3. The summed E-state index contributed by atoms with van der Waals surface area (Å²) in [4.78, 5) is 24.1. The first-order chi connectivity index (χ1) is 9.98. The molecule has 1 aromatic carbocycles. The van der Waals surface area contributed by atoms with Crippen LogP contribution in [-0.4, -0.2) is 23.9 Å². The summed E-state index contributed by atoms with van der Waals surface area (Å²) in [5, 5.41) is 12.1. The fraction of sp³-hybridized carbons (Fsp3) is 0.500. The van der Waals surface area contributed by atoms with E-state index in [4.69, 9.17) is 5.73 Å². The number of aliphatic carboxylic acids is 1. The standard InChI is InChI=1S/C16H22N2O3/c1-18-13-6-5-11(9-12(13)17)15(21)16(10-14(19)20)7-3-2-4-8-16/h5-6,9,18H,2-4,7-8,10,17H2,1H3,(H,19,20). The number of rotatable bonds is 5. The van der Waals surface area contributed by atoms with Crippen LogP contribution in [0.2, 0.25) is 0 Å². The Kier molecular flexibility index (Phi) is 4.50. The molecule has 0 unspecified atom stereocenters. The largest absolute Gasteiger partial charge is 0.481 e. The molecule has 1 aliphatic rings. The van der Waals surface area contributed by atoms with Gasteiger partial charge in [-0.3, -0.25) is 9.59 Å². The third-order valence-electron chi connectivity index (χ3n) is 4.37. The highest BCUT2D eigenvalue weighted by Gasteiger charge is 2.41. The molecule has 114 valence electrons. The fourth-order valence-corrected chi connectivity index (χ4v) is 3.24. The van der Waals surface area contributed by atoms with Crippen molar-refractivity contribution < 1.29 is 14.7 Å². The molecule has 1 aromatic rings. The van der Waals surface area contributed by atoms with Gasteiger partial charge < -0.3 is 16.2 Å². The number of hydrogen-bond donors (Lipinski definition) is 3. The van der Waals surface area contributed by atoms with E-state index in [1.54, 1.807) is 25.2 Å². The summed E-state index contributed by atoms with van der Waals surface area (Å²) in [5.41, 5.74) is 6.93. The molecule has 0 heterocycles. The van der Waals surface area contributed by atoms with E-state index in [-0.39, 0.29) is 12.2 Å². The number of anilines is 2. The molecule has 0 aromatic heterocycles. The quantitative estimate of drug-likeness (QED) is 0.573. The molecule has 4 N–H and O–H groups in total. The predicted octanol–water partition coefficient (Wildman–Crippen LogP) is 2.92. The number of Topliss-reactive ketones (excluding diaryl/α,β-unsaturated/α-hetero) is 1. The van der Waals surface area contributed by atoms with Crippen LogP contribution in [-0.2, 0) is 4.79 Å². The van der Waals surface area contributed by atoms with Gasteiger partial charge >= 0.3 is 5.97 Å². The van der Waals surface area contributed by atoms with Crippen LogP contribution in [0.5, 0.6) is 0 Å². The molecule has 0 amide bonds. The first-order valence-electron chi connectivity index (χ1n) is 7.32. The number of hydrogen-bond acceptors (Lipinski definition) is 4. The molecule has 2 rings (SSSR count). The van der Waals surface area contributed by atoms with Crippen LogP contribution in [0.3, 0.4) is 0 Å². The highest BCUT2D eigenvalue weighted by atomic mass is 16.4. The van der Waals surface area contributed by atoms with Crippen LogP contribution in [0.1, 0.15) is 48.9 Å². The van der Waals surface area contributed by atoms with Crippen molar-refractivity contribution in [2.24, 2.45) is 5.41 Å². The van der Waals surface area contributed by atoms with E-state index < -0.39 is 11.4 Å². The van der Waals surface area contributed by atoms with Crippen LogP contribution in [0.4, 0.5) is 11.4 Å². The lowest BCUT2D eigenvalue weighted by Gasteiger charge is -2.34. The van der Waals surface area contributed by atoms with Crippen LogP contribution >= 0.6 is 0 Å². The molecule has 0 aliphatic heterocycles. The number of carbonyl (C=O) groups excluding carboxylic acids is 1. The smallest absolute Gasteiger partial charge is 0.304 e. The van der Waals surface area contributed by atoms with Crippen molar-refractivity contribution in [3.05, 3.63) is 23.8 Å². The average molecular weight is 290 g/mol. The first kappa shape index (κ1) is 15.4. The minimum Gasteiger partial charge on any atom is -0.481 e. The minimum atomic E-state index is -0.912. The van der Waals surface area contributed by atoms with Crippen molar-refractivity contribution in [1.29, 1.82) is 0 Å². The second kappa shape index (κ2) is 6.16. The van der Waals surface area contributed by atoms with Gasteiger partial charge in [-0.05, 0) is 31.0 Å². The summed E-state index contributed by atoms with van der Waals surface area (Å²) in [5.74, 6) is -0.996. The first-order valence-corrected chi connectivity index (χ1v) is 7.32. The number of benzene rings is 1. The van der Waals surface area contributed by atoms with Gasteiger partial charge in [-0.1, -0.05) is 19.3 Å². The maximum atomic E-state index is 12.9. The third kappa shape index (κ3) is 3.17. The van der Waals surface area contributed by atoms with E-state index in [1.165, 1.54) is 0 Å². The van der Waals surface area contributed by atoms with Crippen molar-refractivity contribution in [2.45, 2.75) is 38.5 Å². The number of carbonyl (C=O) groups is 2. The van der Waals surface area contributed by atoms with Gasteiger partial charge in [0.05, 0.1) is 17.8 Å². The van der Waals surface area contributed by atoms with Crippen molar-refractivity contribution in [1.82, 2.24) is 0 Å². The molecule has 0 radical (unpaired) electrons. The lowest BCUT2D eigenvalue weighted by molar-refractivity contribution is -0.139. The maximum Gasteiger partial charge on any atom is 0.304 e. The number of nitrogens with two attached hydrogens (primary N) is 1. The van der Waals surface area contributed by atoms with Crippen molar-refractivity contribution in [3.63, 3.8) is 0 Å². The van der Waals surface area contributed by atoms with Gasteiger partial charge in [0.15, 0.2) is 5.78 Å². The Morgan fingerprint density at radius 3 is 2.48 bits per heavy atom. The highest BCUT2D eigenvalue weighted by Crippen LogP contribution is 2.42. The maximum absolute atomic E-state index is 12.9. The Labute approximate surface area is 124 Å². The van der Waals surface area contributed by atoms with Crippen molar-refractivity contribution in [2.75, 3.05) is 18.1 Å². The number of nitrogen functional groups attached to an aromatic ring is 1.